The van der Waals surface area contributed by atoms with Gasteiger partial charge >= 0.3 is 0 Å². The zero-order valence-electron chi connectivity index (χ0n) is 16.3. The molecule has 0 saturated carbocycles. The number of rotatable bonds is 10. The maximum absolute atomic E-state index is 12.3. The predicted octanol–water partition coefficient (Wildman–Crippen LogP) is 2.32. The van der Waals surface area contributed by atoms with Crippen LogP contribution in [0.25, 0.3) is 0 Å². The Hall–Kier alpha value is -2.65. The fourth-order valence-corrected chi connectivity index (χ4v) is 3.47. The van der Waals surface area contributed by atoms with Crippen LogP contribution >= 0.6 is 11.6 Å². The van der Waals surface area contributed by atoms with Crippen LogP contribution in [0.15, 0.2) is 42.5 Å². The Morgan fingerprint density at radius 2 is 1.72 bits per heavy atom. The second kappa shape index (κ2) is 10.2. The van der Waals surface area contributed by atoms with Crippen molar-refractivity contribution < 1.29 is 27.4 Å². The fraction of sp³-hybridized carbons (Fsp3) is 0.316. The first-order valence-electron chi connectivity index (χ1n) is 8.59. The van der Waals surface area contributed by atoms with Crippen LogP contribution in [0.1, 0.15) is 0 Å². The number of methoxy groups -OCH3 is 2. The van der Waals surface area contributed by atoms with Crippen molar-refractivity contribution in [3.63, 3.8) is 0 Å². The van der Waals surface area contributed by atoms with Crippen LogP contribution in [-0.4, -0.2) is 54.5 Å². The van der Waals surface area contributed by atoms with E-state index in [1.54, 1.807) is 37.4 Å². The molecule has 0 aliphatic rings. The van der Waals surface area contributed by atoms with E-state index in [2.05, 4.69) is 5.32 Å². The summed E-state index contributed by atoms with van der Waals surface area (Å²) < 4.78 is 41.2. The van der Waals surface area contributed by atoms with Crippen LogP contribution in [-0.2, 0) is 14.8 Å². The molecule has 0 saturated heterocycles. The third-order valence-electron chi connectivity index (χ3n) is 3.85. The average molecular weight is 443 g/mol. The lowest BCUT2D eigenvalue weighted by atomic mass is 10.3. The van der Waals surface area contributed by atoms with Gasteiger partial charge in [-0.1, -0.05) is 11.6 Å². The molecule has 0 spiro atoms. The molecule has 0 aliphatic carbocycles. The second-order valence-electron chi connectivity index (χ2n) is 5.96. The third-order valence-corrected chi connectivity index (χ3v) is 5.21. The normalized spacial score (nSPS) is 10.9. The monoisotopic (exact) mass is 442 g/mol. The summed E-state index contributed by atoms with van der Waals surface area (Å²) in [6, 6.07) is 11.6. The first-order chi connectivity index (χ1) is 13.7. The number of sulfonamides is 1. The zero-order valence-corrected chi connectivity index (χ0v) is 17.9. The lowest BCUT2D eigenvalue weighted by Gasteiger charge is -2.24. The van der Waals surface area contributed by atoms with Crippen molar-refractivity contribution in [1.29, 1.82) is 0 Å². The quantitative estimate of drug-likeness (QED) is 0.567. The number of carbonyl (C=O) groups excluding carboxylic acids is 1. The van der Waals surface area contributed by atoms with E-state index in [1.165, 1.54) is 19.2 Å². The molecule has 0 aromatic heterocycles. The van der Waals surface area contributed by atoms with Crippen molar-refractivity contribution in [2.24, 2.45) is 0 Å². The largest absolute Gasteiger partial charge is 0.497 e. The summed E-state index contributed by atoms with van der Waals surface area (Å²) in [7, 11) is -0.772. The molecule has 2 rings (SSSR count). The molecule has 1 amide bonds. The number of hydrogen-bond donors (Lipinski definition) is 1. The number of benzene rings is 2. The van der Waals surface area contributed by atoms with E-state index in [9.17, 15) is 13.2 Å². The Morgan fingerprint density at radius 1 is 1.07 bits per heavy atom. The molecule has 0 aliphatic heterocycles. The van der Waals surface area contributed by atoms with Crippen LogP contribution < -0.4 is 23.8 Å². The number of nitrogens with zero attached hydrogens (tertiary/aromatic N) is 1. The summed E-state index contributed by atoms with van der Waals surface area (Å²) in [6.07, 6.45) is 1.01. The Bertz CT molecular complexity index is 934. The van der Waals surface area contributed by atoms with Gasteiger partial charge in [0.1, 0.15) is 30.4 Å². The first-order valence-corrected chi connectivity index (χ1v) is 10.8. The standard InChI is InChI=1S/C19H23ClN2O6S/c1-26-15-5-7-16(8-6-15)28-11-10-21-19(23)13-22(29(3,24)25)17-12-14(20)4-9-18(17)27-2/h4-9,12H,10-11,13H2,1-3H3,(H,21,23). The number of carbonyl (C=O) groups is 1. The van der Waals surface area contributed by atoms with Crippen LogP contribution in [0.3, 0.4) is 0 Å². The summed E-state index contributed by atoms with van der Waals surface area (Å²) in [4.78, 5) is 12.3. The van der Waals surface area contributed by atoms with Gasteiger partial charge in [-0.3, -0.25) is 9.10 Å². The molecular formula is C19H23ClN2O6S. The molecule has 0 fully saturated rings. The van der Waals surface area contributed by atoms with E-state index in [0.717, 1.165) is 10.6 Å². The van der Waals surface area contributed by atoms with Crippen molar-refractivity contribution in [3.05, 3.63) is 47.5 Å². The van der Waals surface area contributed by atoms with Gasteiger partial charge in [0.15, 0.2) is 0 Å². The molecule has 0 unspecified atom stereocenters. The lowest BCUT2D eigenvalue weighted by Crippen LogP contribution is -2.41. The first kappa shape index (κ1) is 22.6. The maximum Gasteiger partial charge on any atom is 0.240 e. The SMILES string of the molecule is COc1ccc(OCCNC(=O)CN(c2cc(Cl)ccc2OC)S(C)(=O)=O)cc1. The zero-order chi connectivity index (χ0) is 21.4. The third kappa shape index (κ3) is 6.72. The predicted molar refractivity (Wildman–Crippen MR) is 112 cm³/mol. The van der Waals surface area contributed by atoms with Gasteiger partial charge in [0, 0.05) is 5.02 Å². The lowest BCUT2D eigenvalue weighted by molar-refractivity contribution is -0.119. The van der Waals surface area contributed by atoms with E-state index in [0.29, 0.717) is 16.5 Å². The molecule has 29 heavy (non-hydrogen) atoms. The number of anilines is 1. The number of halogens is 1. The molecule has 0 bridgehead atoms. The number of amides is 1. The van der Waals surface area contributed by atoms with E-state index in [1.807, 2.05) is 0 Å². The molecule has 0 atom stereocenters. The summed E-state index contributed by atoms with van der Waals surface area (Å²) in [6.45, 7) is 0.00461. The van der Waals surface area contributed by atoms with Crippen LogP contribution in [0.2, 0.25) is 5.02 Å². The van der Waals surface area contributed by atoms with Gasteiger partial charge in [0.05, 0.1) is 32.7 Å². The number of ether oxygens (including phenoxy) is 3. The van der Waals surface area contributed by atoms with Crippen LogP contribution in [0.5, 0.6) is 17.2 Å². The molecule has 158 valence electrons. The van der Waals surface area contributed by atoms with Gasteiger partial charge < -0.3 is 19.5 Å². The Labute approximate surface area is 175 Å². The maximum atomic E-state index is 12.3. The molecular weight excluding hydrogens is 420 g/mol. The van der Waals surface area contributed by atoms with Gasteiger partial charge in [0.2, 0.25) is 15.9 Å². The average Bonchev–Trinajstić information content (AvgIpc) is 2.69. The van der Waals surface area contributed by atoms with Gasteiger partial charge in [-0.05, 0) is 42.5 Å². The molecule has 8 nitrogen and oxygen atoms in total. The Kier molecular flexibility index (Phi) is 7.98. The van der Waals surface area contributed by atoms with Crippen molar-refractivity contribution >= 4 is 33.2 Å². The van der Waals surface area contributed by atoms with Gasteiger partial charge in [-0.2, -0.15) is 0 Å². The smallest absolute Gasteiger partial charge is 0.240 e. The topological polar surface area (TPSA) is 94.2 Å². The molecule has 10 heteroatoms. The Morgan fingerprint density at radius 3 is 2.31 bits per heavy atom. The van der Waals surface area contributed by atoms with Gasteiger partial charge in [0.25, 0.3) is 0 Å². The highest BCUT2D eigenvalue weighted by molar-refractivity contribution is 7.92. The summed E-state index contributed by atoms with van der Waals surface area (Å²) in [5, 5.41) is 2.95. The highest BCUT2D eigenvalue weighted by Crippen LogP contribution is 2.32. The van der Waals surface area contributed by atoms with E-state index in [-0.39, 0.29) is 24.6 Å². The Balaban J connectivity index is 1.96. The van der Waals surface area contributed by atoms with E-state index in [4.69, 9.17) is 25.8 Å². The van der Waals surface area contributed by atoms with Crippen molar-refractivity contribution in [2.75, 3.05) is 44.5 Å². The minimum absolute atomic E-state index is 0.187. The fourth-order valence-electron chi connectivity index (χ4n) is 2.46. The summed E-state index contributed by atoms with van der Waals surface area (Å²) >= 11 is 5.98. The number of nitrogens with one attached hydrogen (secondary N) is 1. The van der Waals surface area contributed by atoms with Crippen molar-refractivity contribution in [2.45, 2.75) is 0 Å². The summed E-state index contributed by atoms with van der Waals surface area (Å²) in [5.74, 6) is 1.13. The van der Waals surface area contributed by atoms with Crippen molar-refractivity contribution in [1.82, 2.24) is 5.32 Å². The molecule has 0 radical (unpaired) electrons. The number of hydrogen-bond acceptors (Lipinski definition) is 6. The van der Waals surface area contributed by atoms with Crippen LogP contribution in [0, 0.1) is 0 Å². The van der Waals surface area contributed by atoms with Crippen LogP contribution in [0.4, 0.5) is 5.69 Å². The molecule has 0 heterocycles. The van der Waals surface area contributed by atoms with E-state index < -0.39 is 22.5 Å². The summed E-state index contributed by atoms with van der Waals surface area (Å²) in [5.41, 5.74) is 0.187. The molecule has 2 aromatic carbocycles. The second-order valence-corrected chi connectivity index (χ2v) is 8.30. The van der Waals surface area contributed by atoms with Gasteiger partial charge in [-0.25, -0.2) is 8.42 Å². The van der Waals surface area contributed by atoms with E-state index >= 15 is 0 Å². The highest BCUT2D eigenvalue weighted by Gasteiger charge is 2.24. The van der Waals surface area contributed by atoms with Gasteiger partial charge in [-0.15, -0.1) is 0 Å². The molecule has 2 aromatic rings. The highest BCUT2D eigenvalue weighted by atomic mass is 35.5. The minimum Gasteiger partial charge on any atom is -0.497 e. The van der Waals surface area contributed by atoms with Crippen molar-refractivity contribution in [3.8, 4) is 17.2 Å². The minimum atomic E-state index is -3.75. The molecule has 1 N–H and O–H groups in total.